The molecule has 0 radical (unpaired) electrons. The van der Waals surface area contributed by atoms with E-state index in [1.807, 2.05) is 0 Å². The van der Waals surface area contributed by atoms with Gasteiger partial charge in [-0.1, -0.05) is 6.92 Å². The monoisotopic (exact) mass is 208 g/mol. The minimum absolute atomic E-state index is 0.184. The number of carboxylic acid groups (broad SMARTS) is 1. The Morgan fingerprint density at radius 3 is 2.46 bits per heavy atom. The molecule has 1 rings (SSSR count). The molecule has 0 saturated carbocycles. The smallest absolute Gasteiger partial charge is 0.322 e. The first-order chi connectivity index (χ1) is 5.84. The van der Waals surface area contributed by atoms with Crippen LogP contribution < -0.4 is 5.14 Å². The number of hydrogen-bond acceptors (Lipinski definition) is 3. The fraction of sp³-hybridized carbons (Fsp3) is 0.833. The maximum Gasteiger partial charge on any atom is 0.322 e. The second-order valence-corrected chi connectivity index (χ2v) is 4.70. The highest BCUT2D eigenvalue weighted by Gasteiger charge is 2.41. The first-order valence-electron chi connectivity index (χ1n) is 3.86. The van der Waals surface area contributed by atoms with Gasteiger partial charge in [-0.05, 0) is 12.3 Å². The molecule has 0 aliphatic carbocycles. The molecule has 1 heterocycles. The molecule has 0 aromatic carbocycles. The molecule has 0 spiro atoms. The lowest BCUT2D eigenvalue weighted by Gasteiger charge is -2.19. The molecule has 2 atom stereocenters. The number of nitrogens with two attached hydrogens (primary N) is 1. The number of carbonyl (C=O) groups is 1. The van der Waals surface area contributed by atoms with Crippen LogP contribution in [0.3, 0.4) is 0 Å². The molecule has 0 aromatic rings. The highest BCUT2D eigenvalue weighted by molar-refractivity contribution is 7.86. The first kappa shape index (κ1) is 10.4. The van der Waals surface area contributed by atoms with E-state index in [0.29, 0.717) is 6.42 Å². The van der Waals surface area contributed by atoms with E-state index >= 15 is 0 Å². The molecule has 76 valence electrons. The summed E-state index contributed by atoms with van der Waals surface area (Å²) in [4.78, 5) is 10.7. The quantitative estimate of drug-likeness (QED) is 0.606. The Morgan fingerprint density at radius 2 is 2.15 bits per heavy atom. The van der Waals surface area contributed by atoms with Crippen molar-refractivity contribution in [2.24, 2.45) is 11.1 Å². The summed E-state index contributed by atoms with van der Waals surface area (Å²) in [6, 6.07) is -1.00. The van der Waals surface area contributed by atoms with Crippen LogP contribution in [0.2, 0.25) is 0 Å². The van der Waals surface area contributed by atoms with Crippen LogP contribution in [0.5, 0.6) is 0 Å². The zero-order valence-corrected chi connectivity index (χ0v) is 7.99. The third-order valence-electron chi connectivity index (χ3n) is 2.23. The number of carboxylic acids is 1. The lowest BCUT2D eigenvalue weighted by atomic mass is 10.0. The fourth-order valence-electron chi connectivity index (χ4n) is 1.56. The Morgan fingerprint density at radius 1 is 1.62 bits per heavy atom. The molecule has 7 heteroatoms. The van der Waals surface area contributed by atoms with Gasteiger partial charge in [-0.25, -0.2) is 5.14 Å². The van der Waals surface area contributed by atoms with Crippen LogP contribution in [0.25, 0.3) is 0 Å². The lowest BCUT2D eigenvalue weighted by molar-refractivity contribution is -0.141. The van der Waals surface area contributed by atoms with E-state index in [9.17, 15) is 13.2 Å². The van der Waals surface area contributed by atoms with E-state index in [1.165, 1.54) is 0 Å². The first-order valence-corrected chi connectivity index (χ1v) is 5.36. The minimum atomic E-state index is -3.88. The van der Waals surface area contributed by atoms with Gasteiger partial charge in [0.2, 0.25) is 0 Å². The van der Waals surface area contributed by atoms with E-state index in [1.54, 1.807) is 6.92 Å². The molecular formula is C6H12N2O4S. The zero-order valence-electron chi connectivity index (χ0n) is 7.17. The van der Waals surface area contributed by atoms with E-state index in [2.05, 4.69) is 0 Å². The highest BCUT2D eigenvalue weighted by atomic mass is 32.2. The maximum absolute atomic E-state index is 10.9. The van der Waals surface area contributed by atoms with Crippen LogP contribution in [0, 0.1) is 5.92 Å². The Balaban J connectivity index is 2.95. The van der Waals surface area contributed by atoms with Gasteiger partial charge in [-0.3, -0.25) is 4.79 Å². The van der Waals surface area contributed by atoms with Gasteiger partial charge in [0.15, 0.2) is 0 Å². The minimum Gasteiger partial charge on any atom is -0.480 e. The van der Waals surface area contributed by atoms with Gasteiger partial charge >= 0.3 is 5.97 Å². The van der Waals surface area contributed by atoms with Crippen LogP contribution in [-0.2, 0) is 15.0 Å². The normalized spacial score (nSPS) is 30.6. The summed E-state index contributed by atoms with van der Waals surface area (Å²) in [7, 11) is -3.88. The van der Waals surface area contributed by atoms with E-state index in [0.717, 1.165) is 4.31 Å². The average molecular weight is 208 g/mol. The molecule has 13 heavy (non-hydrogen) atoms. The van der Waals surface area contributed by atoms with E-state index in [4.69, 9.17) is 10.2 Å². The van der Waals surface area contributed by atoms with Gasteiger partial charge in [0.1, 0.15) is 6.04 Å². The molecule has 0 aromatic heterocycles. The SMILES string of the molecule is CC1CCN(S(N)(=O)=O)C1C(=O)O. The van der Waals surface area contributed by atoms with Gasteiger partial charge in [-0.2, -0.15) is 12.7 Å². The zero-order chi connectivity index (χ0) is 10.2. The van der Waals surface area contributed by atoms with Crippen molar-refractivity contribution in [1.29, 1.82) is 0 Å². The van der Waals surface area contributed by atoms with Crippen LogP contribution in [0.4, 0.5) is 0 Å². The predicted octanol–water partition coefficient (Wildman–Crippen LogP) is -1.02. The third kappa shape index (κ3) is 1.98. The summed E-state index contributed by atoms with van der Waals surface area (Å²) in [6.45, 7) is 1.89. The third-order valence-corrected chi connectivity index (χ3v) is 3.30. The molecule has 0 bridgehead atoms. The standard InChI is InChI=1S/C6H12N2O4S/c1-4-2-3-8(13(7,11)12)5(4)6(9)10/h4-5H,2-3H2,1H3,(H,9,10)(H2,7,11,12). The summed E-state index contributed by atoms with van der Waals surface area (Å²) >= 11 is 0. The number of aliphatic carboxylic acids is 1. The molecule has 3 N–H and O–H groups in total. The predicted molar refractivity (Wildman–Crippen MR) is 45.0 cm³/mol. The van der Waals surface area contributed by atoms with Crippen molar-refractivity contribution in [3.05, 3.63) is 0 Å². The average Bonchev–Trinajstić information content (AvgIpc) is 2.28. The molecule has 2 unspecified atom stereocenters. The summed E-state index contributed by atoms with van der Waals surface area (Å²) in [5.74, 6) is -1.32. The van der Waals surface area contributed by atoms with Crippen LogP contribution in [0.15, 0.2) is 0 Å². The number of rotatable bonds is 2. The van der Waals surface area contributed by atoms with Crippen molar-refractivity contribution in [2.45, 2.75) is 19.4 Å². The number of nitrogens with zero attached hydrogens (tertiary/aromatic N) is 1. The Hall–Kier alpha value is -0.660. The number of hydrogen-bond donors (Lipinski definition) is 2. The molecule has 0 amide bonds. The summed E-state index contributed by atoms with van der Waals surface area (Å²) < 4.78 is 22.7. The van der Waals surface area contributed by atoms with Gasteiger partial charge in [0.05, 0.1) is 0 Å². The molecule has 1 aliphatic heterocycles. The second kappa shape index (κ2) is 3.24. The molecule has 1 aliphatic rings. The van der Waals surface area contributed by atoms with Crippen molar-refractivity contribution < 1.29 is 18.3 Å². The van der Waals surface area contributed by atoms with Crippen molar-refractivity contribution in [3.8, 4) is 0 Å². The summed E-state index contributed by atoms with van der Waals surface area (Å²) in [5.41, 5.74) is 0. The van der Waals surface area contributed by atoms with Gasteiger partial charge in [0, 0.05) is 6.54 Å². The molecule has 1 saturated heterocycles. The Labute approximate surface area is 76.5 Å². The van der Waals surface area contributed by atoms with Gasteiger partial charge in [0.25, 0.3) is 10.2 Å². The molecule has 1 fully saturated rings. The van der Waals surface area contributed by atoms with Gasteiger partial charge in [-0.15, -0.1) is 0 Å². The van der Waals surface area contributed by atoms with Crippen LogP contribution in [0.1, 0.15) is 13.3 Å². The van der Waals surface area contributed by atoms with E-state index < -0.39 is 22.2 Å². The van der Waals surface area contributed by atoms with Crippen molar-refractivity contribution in [3.63, 3.8) is 0 Å². The van der Waals surface area contributed by atoms with Crippen LogP contribution in [-0.4, -0.2) is 36.4 Å². The Bertz CT molecular complexity index is 313. The van der Waals surface area contributed by atoms with Crippen molar-refractivity contribution in [1.82, 2.24) is 4.31 Å². The summed E-state index contributed by atoms with van der Waals surface area (Å²) in [5, 5.41) is 13.6. The van der Waals surface area contributed by atoms with Crippen LogP contribution >= 0.6 is 0 Å². The molecule has 6 nitrogen and oxygen atoms in total. The fourth-order valence-corrected chi connectivity index (χ4v) is 2.54. The van der Waals surface area contributed by atoms with Crippen molar-refractivity contribution in [2.75, 3.05) is 6.54 Å². The Kier molecular flexibility index (Phi) is 2.60. The largest absolute Gasteiger partial charge is 0.480 e. The van der Waals surface area contributed by atoms with E-state index in [-0.39, 0.29) is 12.5 Å². The highest BCUT2D eigenvalue weighted by Crippen LogP contribution is 2.25. The van der Waals surface area contributed by atoms with Crippen molar-refractivity contribution >= 4 is 16.2 Å². The van der Waals surface area contributed by atoms with Gasteiger partial charge < -0.3 is 5.11 Å². The second-order valence-electron chi connectivity index (χ2n) is 3.20. The molecular weight excluding hydrogens is 196 g/mol. The lowest BCUT2D eigenvalue weighted by Crippen LogP contribution is -2.45. The topological polar surface area (TPSA) is 101 Å². The summed E-state index contributed by atoms with van der Waals surface area (Å²) in [6.07, 6.45) is 0.535. The maximum atomic E-state index is 10.9.